The fourth-order valence-electron chi connectivity index (χ4n) is 1.79. The number of carbonyl (C=O) groups is 1. The van der Waals surface area contributed by atoms with Gasteiger partial charge in [0.25, 0.3) is 5.91 Å². The van der Waals surface area contributed by atoms with Crippen molar-refractivity contribution >= 4 is 5.91 Å². The highest BCUT2D eigenvalue weighted by molar-refractivity contribution is 5.77. The second kappa shape index (κ2) is 7.94. The number of aromatic nitrogens is 1. The third kappa shape index (κ3) is 5.10. The number of hydrogen-bond donors (Lipinski definition) is 1. The van der Waals surface area contributed by atoms with Crippen LogP contribution in [0.15, 0.2) is 54.7 Å². The highest BCUT2D eigenvalue weighted by atomic mass is 16.5. The van der Waals surface area contributed by atoms with Gasteiger partial charge in [-0.1, -0.05) is 36.4 Å². The van der Waals surface area contributed by atoms with E-state index in [1.165, 1.54) is 5.56 Å². The Morgan fingerprint density at radius 3 is 2.65 bits per heavy atom. The third-order valence-electron chi connectivity index (χ3n) is 2.80. The standard InChI is InChI=1S/C16H18N2O2/c19-15(13-20-16-10-4-5-11-18-16)17-12-6-9-14-7-2-1-3-8-14/h1-5,7-8,10-11H,6,9,12-13H2,(H,17,19). The van der Waals surface area contributed by atoms with Gasteiger partial charge in [-0.25, -0.2) is 4.98 Å². The maximum Gasteiger partial charge on any atom is 0.258 e. The first-order valence-electron chi connectivity index (χ1n) is 6.69. The maximum absolute atomic E-state index is 11.6. The Kier molecular flexibility index (Phi) is 5.58. The smallest absolute Gasteiger partial charge is 0.258 e. The lowest BCUT2D eigenvalue weighted by Crippen LogP contribution is -2.30. The molecular formula is C16H18N2O2. The molecule has 1 amide bonds. The summed E-state index contributed by atoms with van der Waals surface area (Å²) >= 11 is 0. The molecule has 0 spiro atoms. The number of carbonyl (C=O) groups excluding carboxylic acids is 1. The quantitative estimate of drug-likeness (QED) is 0.785. The summed E-state index contributed by atoms with van der Waals surface area (Å²) in [7, 11) is 0. The minimum absolute atomic E-state index is 0.00233. The van der Waals surface area contributed by atoms with Crippen molar-refractivity contribution < 1.29 is 9.53 Å². The number of hydrogen-bond acceptors (Lipinski definition) is 3. The number of amides is 1. The summed E-state index contributed by atoms with van der Waals surface area (Å²) in [6, 6.07) is 15.6. The predicted octanol–water partition coefficient (Wildman–Crippen LogP) is 2.21. The van der Waals surface area contributed by atoms with Crippen molar-refractivity contribution in [1.82, 2.24) is 10.3 Å². The summed E-state index contributed by atoms with van der Waals surface area (Å²) in [5, 5.41) is 2.83. The van der Waals surface area contributed by atoms with E-state index < -0.39 is 0 Å². The Morgan fingerprint density at radius 1 is 1.10 bits per heavy atom. The topological polar surface area (TPSA) is 51.2 Å². The average molecular weight is 270 g/mol. The zero-order valence-electron chi connectivity index (χ0n) is 11.3. The summed E-state index contributed by atoms with van der Waals surface area (Å²) in [6.45, 7) is 0.654. The van der Waals surface area contributed by atoms with Crippen molar-refractivity contribution in [2.75, 3.05) is 13.2 Å². The Hall–Kier alpha value is -2.36. The van der Waals surface area contributed by atoms with Crippen molar-refractivity contribution in [2.24, 2.45) is 0 Å². The molecule has 0 saturated carbocycles. The number of benzene rings is 1. The molecule has 0 atom stereocenters. The maximum atomic E-state index is 11.6. The Balaban J connectivity index is 1.59. The minimum atomic E-state index is -0.122. The van der Waals surface area contributed by atoms with Gasteiger partial charge < -0.3 is 10.1 Å². The second-order valence-corrected chi connectivity index (χ2v) is 4.40. The second-order valence-electron chi connectivity index (χ2n) is 4.40. The lowest BCUT2D eigenvalue weighted by atomic mass is 10.1. The van der Waals surface area contributed by atoms with E-state index in [0.29, 0.717) is 12.4 Å². The summed E-state index contributed by atoms with van der Waals surface area (Å²) < 4.78 is 5.26. The van der Waals surface area contributed by atoms with Crippen molar-refractivity contribution in [3.63, 3.8) is 0 Å². The molecule has 1 aromatic heterocycles. The van der Waals surface area contributed by atoms with E-state index in [2.05, 4.69) is 22.4 Å². The lowest BCUT2D eigenvalue weighted by molar-refractivity contribution is -0.123. The van der Waals surface area contributed by atoms with Gasteiger partial charge in [0.05, 0.1) is 0 Å². The van der Waals surface area contributed by atoms with E-state index in [0.717, 1.165) is 12.8 Å². The van der Waals surface area contributed by atoms with Crippen LogP contribution >= 0.6 is 0 Å². The van der Waals surface area contributed by atoms with Crippen LogP contribution in [0.3, 0.4) is 0 Å². The molecule has 0 fully saturated rings. The van der Waals surface area contributed by atoms with Crippen LogP contribution in [-0.2, 0) is 11.2 Å². The number of ether oxygens (including phenoxy) is 1. The molecule has 2 rings (SSSR count). The molecule has 2 aromatic rings. The van der Waals surface area contributed by atoms with Gasteiger partial charge in [0.15, 0.2) is 6.61 Å². The largest absolute Gasteiger partial charge is 0.468 e. The highest BCUT2D eigenvalue weighted by Gasteiger charge is 2.02. The summed E-state index contributed by atoms with van der Waals surface area (Å²) in [5.41, 5.74) is 1.28. The van der Waals surface area contributed by atoms with E-state index >= 15 is 0 Å². The molecular weight excluding hydrogens is 252 g/mol. The van der Waals surface area contributed by atoms with Crippen LogP contribution in [-0.4, -0.2) is 24.0 Å². The molecule has 0 aliphatic rings. The van der Waals surface area contributed by atoms with Crippen molar-refractivity contribution in [2.45, 2.75) is 12.8 Å². The molecule has 0 aliphatic heterocycles. The first-order chi connectivity index (χ1) is 9.84. The molecule has 0 aliphatic carbocycles. The average Bonchev–Trinajstić information content (AvgIpc) is 2.52. The predicted molar refractivity (Wildman–Crippen MR) is 77.5 cm³/mol. The highest BCUT2D eigenvalue weighted by Crippen LogP contribution is 2.03. The van der Waals surface area contributed by atoms with Gasteiger partial charge in [0.2, 0.25) is 5.88 Å². The molecule has 20 heavy (non-hydrogen) atoms. The summed E-state index contributed by atoms with van der Waals surface area (Å²) in [6.07, 6.45) is 3.51. The molecule has 1 N–H and O–H groups in total. The SMILES string of the molecule is O=C(COc1ccccn1)NCCCc1ccccc1. The first-order valence-corrected chi connectivity index (χ1v) is 6.69. The molecule has 4 heteroatoms. The fraction of sp³-hybridized carbons (Fsp3) is 0.250. The molecule has 104 valence electrons. The Morgan fingerprint density at radius 2 is 1.90 bits per heavy atom. The zero-order valence-corrected chi connectivity index (χ0v) is 11.3. The molecule has 0 radical (unpaired) electrons. The van der Waals surface area contributed by atoms with Crippen molar-refractivity contribution in [3.8, 4) is 5.88 Å². The monoisotopic (exact) mass is 270 g/mol. The number of pyridine rings is 1. The summed E-state index contributed by atoms with van der Waals surface area (Å²) in [5.74, 6) is 0.343. The number of nitrogens with zero attached hydrogens (tertiary/aromatic N) is 1. The van der Waals surface area contributed by atoms with Crippen LogP contribution in [0, 0.1) is 0 Å². The molecule has 1 heterocycles. The molecule has 0 unspecified atom stereocenters. The Labute approximate surface area is 118 Å². The molecule has 0 bridgehead atoms. The van der Waals surface area contributed by atoms with Gasteiger partial charge in [-0.3, -0.25) is 4.79 Å². The van der Waals surface area contributed by atoms with Crippen LogP contribution in [0.25, 0.3) is 0 Å². The van der Waals surface area contributed by atoms with Crippen LogP contribution in [0.1, 0.15) is 12.0 Å². The van der Waals surface area contributed by atoms with Gasteiger partial charge in [-0.2, -0.15) is 0 Å². The van der Waals surface area contributed by atoms with E-state index in [1.54, 1.807) is 18.3 Å². The Bertz CT molecular complexity index is 515. The molecule has 0 saturated heterocycles. The minimum Gasteiger partial charge on any atom is -0.468 e. The van der Waals surface area contributed by atoms with Gasteiger partial charge in [0.1, 0.15) is 0 Å². The summed E-state index contributed by atoms with van der Waals surface area (Å²) in [4.78, 5) is 15.5. The van der Waals surface area contributed by atoms with Crippen LogP contribution < -0.4 is 10.1 Å². The zero-order chi connectivity index (χ0) is 14.0. The molecule has 1 aromatic carbocycles. The van der Waals surface area contributed by atoms with Crippen LogP contribution in [0.4, 0.5) is 0 Å². The third-order valence-corrected chi connectivity index (χ3v) is 2.80. The van der Waals surface area contributed by atoms with Gasteiger partial charge in [-0.15, -0.1) is 0 Å². The fourth-order valence-corrected chi connectivity index (χ4v) is 1.79. The van der Waals surface area contributed by atoms with Crippen LogP contribution in [0.5, 0.6) is 5.88 Å². The van der Waals surface area contributed by atoms with Gasteiger partial charge >= 0.3 is 0 Å². The van der Waals surface area contributed by atoms with Gasteiger partial charge in [-0.05, 0) is 24.5 Å². The molecule has 4 nitrogen and oxygen atoms in total. The number of rotatable bonds is 7. The normalized spacial score (nSPS) is 10.0. The lowest BCUT2D eigenvalue weighted by Gasteiger charge is -2.06. The van der Waals surface area contributed by atoms with Gasteiger partial charge in [0, 0.05) is 18.8 Å². The van der Waals surface area contributed by atoms with Crippen LogP contribution in [0.2, 0.25) is 0 Å². The van der Waals surface area contributed by atoms with E-state index in [-0.39, 0.29) is 12.5 Å². The first kappa shape index (κ1) is 14.1. The van der Waals surface area contributed by atoms with E-state index in [1.807, 2.05) is 24.3 Å². The van der Waals surface area contributed by atoms with E-state index in [9.17, 15) is 4.79 Å². The van der Waals surface area contributed by atoms with Crippen molar-refractivity contribution in [3.05, 3.63) is 60.3 Å². The van der Waals surface area contributed by atoms with Crippen molar-refractivity contribution in [1.29, 1.82) is 0 Å². The van der Waals surface area contributed by atoms with E-state index in [4.69, 9.17) is 4.74 Å². The number of nitrogens with one attached hydrogen (secondary N) is 1. The number of aryl methyl sites for hydroxylation is 1.